The van der Waals surface area contributed by atoms with Gasteiger partial charge in [0.05, 0.1) is 7.11 Å². The Kier molecular flexibility index (Phi) is 5.27. The Labute approximate surface area is 112 Å². The van der Waals surface area contributed by atoms with E-state index in [1.54, 1.807) is 14.2 Å². The number of anilines is 2. The third kappa shape index (κ3) is 2.69. The molecule has 18 heavy (non-hydrogen) atoms. The summed E-state index contributed by atoms with van der Waals surface area (Å²) in [7, 11) is 3.17. The van der Waals surface area contributed by atoms with Crippen LogP contribution in [0.4, 0.5) is 10.7 Å². The molecule has 0 aromatic carbocycles. The van der Waals surface area contributed by atoms with Crippen LogP contribution in [0.5, 0.6) is 5.75 Å². The van der Waals surface area contributed by atoms with Crippen LogP contribution in [0.3, 0.4) is 0 Å². The highest BCUT2D eigenvalue weighted by atomic mass is 32.1. The zero-order valence-electron chi connectivity index (χ0n) is 11.4. The summed E-state index contributed by atoms with van der Waals surface area (Å²) in [5.74, 6) is 0.434. The van der Waals surface area contributed by atoms with Crippen molar-refractivity contribution in [2.45, 2.75) is 20.3 Å². The lowest BCUT2D eigenvalue weighted by Crippen LogP contribution is -2.22. The molecule has 0 unspecified atom stereocenters. The number of carbonyl (C=O) groups is 1. The first kappa shape index (κ1) is 14.6. The first-order chi connectivity index (χ1) is 8.60. The van der Waals surface area contributed by atoms with E-state index in [2.05, 4.69) is 24.1 Å². The smallest absolute Gasteiger partial charge is 0.263 e. The van der Waals surface area contributed by atoms with Crippen LogP contribution in [0.1, 0.15) is 29.9 Å². The Morgan fingerprint density at radius 1 is 1.50 bits per heavy atom. The number of hydrogen-bond acceptors (Lipinski definition) is 5. The van der Waals surface area contributed by atoms with Gasteiger partial charge in [-0.05, 0) is 13.3 Å². The third-order valence-electron chi connectivity index (χ3n) is 2.68. The number of methoxy groups -OCH3 is 1. The Morgan fingerprint density at radius 2 is 2.17 bits per heavy atom. The van der Waals surface area contributed by atoms with Crippen molar-refractivity contribution in [1.82, 2.24) is 5.32 Å². The minimum Gasteiger partial charge on any atom is -0.492 e. The number of rotatable bonds is 6. The van der Waals surface area contributed by atoms with Gasteiger partial charge in [-0.15, -0.1) is 11.3 Å². The summed E-state index contributed by atoms with van der Waals surface area (Å²) in [6.07, 6.45) is 1.03. The molecule has 1 aromatic rings. The lowest BCUT2D eigenvalue weighted by molar-refractivity contribution is 0.0967. The van der Waals surface area contributed by atoms with E-state index in [0.717, 1.165) is 24.5 Å². The van der Waals surface area contributed by atoms with Crippen LogP contribution in [-0.2, 0) is 0 Å². The van der Waals surface area contributed by atoms with Crippen molar-refractivity contribution < 1.29 is 9.53 Å². The number of carbonyl (C=O) groups excluding carboxylic acids is 1. The molecule has 0 aliphatic rings. The molecule has 1 heterocycles. The Bertz CT molecular complexity index is 418. The number of hydrogen-bond donors (Lipinski definition) is 2. The fraction of sp³-hybridized carbons (Fsp3) is 0.583. The second-order valence-corrected chi connectivity index (χ2v) is 4.84. The van der Waals surface area contributed by atoms with Gasteiger partial charge in [-0.25, -0.2) is 0 Å². The summed E-state index contributed by atoms with van der Waals surface area (Å²) < 4.78 is 5.34. The molecular weight excluding hydrogens is 250 g/mol. The van der Waals surface area contributed by atoms with E-state index in [4.69, 9.17) is 10.5 Å². The first-order valence-corrected chi connectivity index (χ1v) is 6.85. The molecule has 0 atom stereocenters. The molecule has 1 aromatic heterocycles. The van der Waals surface area contributed by atoms with E-state index in [1.807, 2.05) is 0 Å². The van der Waals surface area contributed by atoms with E-state index in [0.29, 0.717) is 16.3 Å². The summed E-state index contributed by atoms with van der Waals surface area (Å²) in [6.45, 7) is 5.97. The van der Waals surface area contributed by atoms with Crippen LogP contribution in [0.15, 0.2) is 0 Å². The maximum atomic E-state index is 11.7. The average molecular weight is 271 g/mol. The van der Waals surface area contributed by atoms with Crippen molar-refractivity contribution in [3.8, 4) is 5.75 Å². The number of nitrogen functional groups attached to an aromatic ring is 1. The van der Waals surface area contributed by atoms with Crippen molar-refractivity contribution in [3.63, 3.8) is 0 Å². The van der Waals surface area contributed by atoms with Gasteiger partial charge in [-0.1, -0.05) is 6.92 Å². The van der Waals surface area contributed by atoms with Crippen LogP contribution < -0.4 is 20.7 Å². The van der Waals surface area contributed by atoms with Crippen LogP contribution in [0.2, 0.25) is 0 Å². The highest BCUT2D eigenvalue weighted by Crippen LogP contribution is 2.44. The summed E-state index contributed by atoms with van der Waals surface area (Å²) >= 11 is 1.38. The predicted octanol–water partition coefficient (Wildman–Crippen LogP) is 1.93. The van der Waals surface area contributed by atoms with Crippen molar-refractivity contribution in [2.75, 3.05) is 37.9 Å². The predicted molar refractivity (Wildman–Crippen MR) is 76.9 cm³/mol. The largest absolute Gasteiger partial charge is 0.492 e. The van der Waals surface area contributed by atoms with Gasteiger partial charge in [0.2, 0.25) is 0 Å². The van der Waals surface area contributed by atoms with E-state index in [-0.39, 0.29) is 5.91 Å². The summed E-state index contributed by atoms with van der Waals surface area (Å²) in [5.41, 5.74) is 6.40. The lowest BCUT2D eigenvalue weighted by atomic mass is 10.3. The third-order valence-corrected chi connectivity index (χ3v) is 3.93. The van der Waals surface area contributed by atoms with Gasteiger partial charge in [0.15, 0.2) is 5.75 Å². The fourth-order valence-corrected chi connectivity index (χ4v) is 3.00. The zero-order valence-corrected chi connectivity index (χ0v) is 12.2. The molecule has 0 saturated heterocycles. The van der Waals surface area contributed by atoms with Gasteiger partial charge < -0.3 is 20.7 Å². The minimum absolute atomic E-state index is 0.172. The second-order valence-electron chi connectivity index (χ2n) is 3.84. The Morgan fingerprint density at radius 3 is 2.61 bits per heavy atom. The molecule has 0 bridgehead atoms. The molecule has 0 radical (unpaired) electrons. The van der Waals surface area contributed by atoms with Gasteiger partial charge in [-0.2, -0.15) is 0 Å². The molecule has 5 nitrogen and oxygen atoms in total. The van der Waals surface area contributed by atoms with Gasteiger partial charge in [0.25, 0.3) is 5.91 Å². The molecule has 0 saturated carbocycles. The number of nitrogens with zero attached hydrogens (tertiary/aromatic N) is 1. The number of nitrogens with two attached hydrogens (primary N) is 1. The molecule has 0 spiro atoms. The summed E-state index contributed by atoms with van der Waals surface area (Å²) in [5, 5.41) is 3.52. The normalized spacial score (nSPS) is 10.2. The quantitative estimate of drug-likeness (QED) is 0.829. The van der Waals surface area contributed by atoms with E-state index in [1.165, 1.54) is 11.3 Å². The molecule has 0 fully saturated rings. The topological polar surface area (TPSA) is 67.6 Å². The van der Waals surface area contributed by atoms with Crippen LogP contribution >= 0.6 is 11.3 Å². The van der Waals surface area contributed by atoms with Gasteiger partial charge >= 0.3 is 0 Å². The van der Waals surface area contributed by atoms with Gasteiger partial charge in [-0.3, -0.25) is 4.79 Å². The average Bonchev–Trinajstić information content (AvgIpc) is 2.71. The molecule has 1 amide bonds. The highest BCUT2D eigenvalue weighted by molar-refractivity contribution is 7.19. The fourth-order valence-electron chi connectivity index (χ4n) is 1.78. The van der Waals surface area contributed by atoms with Gasteiger partial charge in [0, 0.05) is 20.1 Å². The molecule has 3 N–H and O–H groups in total. The maximum absolute atomic E-state index is 11.7. The summed E-state index contributed by atoms with van der Waals surface area (Å²) in [6, 6.07) is 0. The first-order valence-electron chi connectivity index (χ1n) is 6.03. The molecule has 102 valence electrons. The minimum atomic E-state index is -0.172. The van der Waals surface area contributed by atoms with Crippen molar-refractivity contribution in [1.29, 1.82) is 0 Å². The Balaban J connectivity index is 3.22. The molecule has 1 rings (SSSR count). The SMILES string of the molecule is CCCN(CC)c1sc(C(=O)NC)c(N)c1OC. The van der Waals surface area contributed by atoms with Crippen LogP contribution in [0.25, 0.3) is 0 Å². The monoisotopic (exact) mass is 271 g/mol. The van der Waals surface area contributed by atoms with Crippen LogP contribution in [-0.4, -0.2) is 33.2 Å². The van der Waals surface area contributed by atoms with E-state index >= 15 is 0 Å². The maximum Gasteiger partial charge on any atom is 0.263 e. The van der Waals surface area contributed by atoms with Crippen molar-refractivity contribution in [3.05, 3.63) is 4.88 Å². The number of nitrogens with one attached hydrogen (secondary N) is 1. The second kappa shape index (κ2) is 6.49. The molecule has 0 aliphatic heterocycles. The Hall–Kier alpha value is -1.43. The van der Waals surface area contributed by atoms with Crippen molar-refractivity contribution in [2.24, 2.45) is 0 Å². The standard InChI is InChI=1S/C12H21N3O2S/c1-5-7-15(6-2)12-9(17-4)8(13)10(18-12)11(16)14-3/h5-7,13H2,1-4H3,(H,14,16). The van der Waals surface area contributed by atoms with Crippen molar-refractivity contribution >= 4 is 27.9 Å². The molecular formula is C12H21N3O2S. The van der Waals surface area contributed by atoms with E-state index < -0.39 is 0 Å². The highest BCUT2D eigenvalue weighted by Gasteiger charge is 2.23. The van der Waals surface area contributed by atoms with Crippen LogP contribution in [0, 0.1) is 0 Å². The number of ether oxygens (including phenoxy) is 1. The molecule has 6 heteroatoms. The number of amides is 1. The van der Waals surface area contributed by atoms with E-state index in [9.17, 15) is 4.79 Å². The molecule has 0 aliphatic carbocycles. The summed E-state index contributed by atoms with van der Waals surface area (Å²) in [4.78, 5) is 14.4. The zero-order chi connectivity index (χ0) is 13.7. The number of thiophene rings is 1. The van der Waals surface area contributed by atoms with Gasteiger partial charge in [0.1, 0.15) is 15.6 Å². The lowest BCUT2D eigenvalue weighted by Gasteiger charge is -2.21.